The number of hydrogen-bond donors (Lipinski definition) is 1. The number of rotatable bonds is 6. The van der Waals surface area contributed by atoms with Crippen molar-refractivity contribution in [3.05, 3.63) is 63.6 Å². The Kier molecular flexibility index (Phi) is 6.44. The third kappa shape index (κ3) is 4.97. The maximum absolute atomic E-state index is 12.4. The van der Waals surface area contributed by atoms with Crippen molar-refractivity contribution >= 4 is 41.2 Å². The van der Waals surface area contributed by atoms with Gasteiger partial charge in [0.2, 0.25) is 12.7 Å². The van der Waals surface area contributed by atoms with E-state index in [2.05, 4.69) is 5.32 Å². The van der Waals surface area contributed by atoms with Crippen LogP contribution in [0.25, 0.3) is 6.08 Å². The third-order valence-corrected chi connectivity index (χ3v) is 4.60. The van der Waals surface area contributed by atoms with Gasteiger partial charge in [0, 0.05) is 11.1 Å². The summed E-state index contributed by atoms with van der Waals surface area (Å²) in [4.78, 5) is 24.1. The summed E-state index contributed by atoms with van der Waals surface area (Å²) >= 11 is 12.0. The van der Waals surface area contributed by atoms with Crippen molar-refractivity contribution < 1.29 is 23.8 Å². The molecule has 1 atom stereocenters. The summed E-state index contributed by atoms with van der Waals surface area (Å²) in [7, 11) is 1.30. The molecule has 28 heavy (non-hydrogen) atoms. The lowest BCUT2D eigenvalue weighted by atomic mass is 10.0. The van der Waals surface area contributed by atoms with Gasteiger partial charge in [-0.15, -0.1) is 0 Å². The molecule has 146 valence electrons. The summed E-state index contributed by atoms with van der Waals surface area (Å²) in [5.41, 5.74) is 1.42. The van der Waals surface area contributed by atoms with Gasteiger partial charge < -0.3 is 19.5 Å². The van der Waals surface area contributed by atoms with Crippen LogP contribution in [0, 0.1) is 0 Å². The molecule has 0 saturated carbocycles. The highest BCUT2D eigenvalue weighted by molar-refractivity contribution is 6.32. The Balaban J connectivity index is 1.72. The number of nitrogens with one attached hydrogen (secondary N) is 1. The molecule has 8 heteroatoms. The van der Waals surface area contributed by atoms with E-state index in [1.807, 2.05) is 0 Å². The van der Waals surface area contributed by atoms with E-state index in [0.717, 1.165) is 5.56 Å². The van der Waals surface area contributed by atoms with E-state index in [4.69, 9.17) is 37.4 Å². The van der Waals surface area contributed by atoms with E-state index in [1.54, 1.807) is 42.5 Å². The average molecular weight is 422 g/mol. The summed E-state index contributed by atoms with van der Waals surface area (Å²) in [6.45, 7) is 0.110. The molecule has 2 aromatic carbocycles. The van der Waals surface area contributed by atoms with Gasteiger partial charge in [0.05, 0.1) is 24.6 Å². The molecule has 1 aliphatic heterocycles. The second kappa shape index (κ2) is 8.99. The Morgan fingerprint density at radius 3 is 2.68 bits per heavy atom. The van der Waals surface area contributed by atoms with E-state index in [1.165, 1.54) is 13.2 Å². The van der Waals surface area contributed by atoms with E-state index < -0.39 is 12.0 Å². The molecule has 1 unspecified atom stereocenters. The first kappa shape index (κ1) is 20.0. The molecule has 0 bridgehead atoms. The van der Waals surface area contributed by atoms with Crippen molar-refractivity contribution in [2.75, 3.05) is 13.9 Å². The zero-order valence-electron chi connectivity index (χ0n) is 14.9. The Morgan fingerprint density at radius 1 is 1.21 bits per heavy atom. The minimum Gasteiger partial charge on any atom is -0.469 e. The second-order valence-corrected chi connectivity index (χ2v) is 6.81. The zero-order valence-corrected chi connectivity index (χ0v) is 16.4. The largest absolute Gasteiger partial charge is 0.469 e. The summed E-state index contributed by atoms with van der Waals surface area (Å²) < 4.78 is 15.3. The lowest BCUT2D eigenvalue weighted by Gasteiger charge is -2.17. The van der Waals surface area contributed by atoms with Crippen molar-refractivity contribution in [3.8, 4) is 11.5 Å². The van der Waals surface area contributed by atoms with Gasteiger partial charge in [-0.3, -0.25) is 9.59 Å². The summed E-state index contributed by atoms with van der Waals surface area (Å²) in [5.74, 6) is 0.200. The summed E-state index contributed by atoms with van der Waals surface area (Å²) in [5, 5.41) is 3.76. The number of esters is 1. The van der Waals surface area contributed by atoms with Gasteiger partial charge in [0.25, 0.3) is 0 Å². The Morgan fingerprint density at radius 2 is 1.96 bits per heavy atom. The van der Waals surface area contributed by atoms with Gasteiger partial charge >= 0.3 is 5.97 Å². The summed E-state index contributed by atoms with van der Waals surface area (Å²) in [6.07, 6.45) is 2.95. The molecule has 0 saturated heterocycles. The molecular weight excluding hydrogens is 405 g/mol. The first-order chi connectivity index (χ1) is 13.5. The van der Waals surface area contributed by atoms with Gasteiger partial charge in [0.1, 0.15) is 0 Å². The molecule has 1 N–H and O–H groups in total. The van der Waals surface area contributed by atoms with Crippen LogP contribution in [0.3, 0.4) is 0 Å². The SMILES string of the molecule is COC(=O)CC(NC(=O)/C=C/c1cc(Cl)c2c(c1)OCO2)c1ccc(Cl)cc1. The highest BCUT2D eigenvalue weighted by atomic mass is 35.5. The highest BCUT2D eigenvalue weighted by Gasteiger charge is 2.19. The second-order valence-electron chi connectivity index (χ2n) is 5.96. The predicted molar refractivity (Wildman–Crippen MR) is 106 cm³/mol. The standard InChI is InChI=1S/C20H17Cl2NO5/c1-26-19(25)10-16(13-3-5-14(21)6-4-13)23-18(24)7-2-12-8-15(22)20-17(9-12)27-11-28-20/h2-9,16H,10-11H2,1H3,(H,23,24)/b7-2+. The van der Waals surface area contributed by atoms with Gasteiger partial charge in [-0.1, -0.05) is 35.3 Å². The number of carbonyl (C=O) groups is 2. The Hall–Kier alpha value is -2.70. The lowest BCUT2D eigenvalue weighted by molar-refractivity contribution is -0.141. The van der Waals surface area contributed by atoms with Crippen LogP contribution < -0.4 is 14.8 Å². The molecule has 6 nitrogen and oxygen atoms in total. The van der Waals surface area contributed by atoms with Gasteiger partial charge in [0.15, 0.2) is 11.5 Å². The van der Waals surface area contributed by atoms with E-state index in [0.29, 0.717) is 27.1 Å². The minimum atomic E-state index is -0.554. The molecule has 0 fully saturated rings. The van der Waals surface area contributed by atoms with Gasteiger partial charge in [-0.05, 0) is 41.5 Å². The van der Waals surface area contributed by atoms with Gasteiger partial charge in [-0.25, -0.2) is 0 Å². The lowest BCUT2D eigenvalue weighted by Crippen LogP contribution is -2.29. The average Bonchev–Trinajstić information content (AvgIpc) is 3.15. The van der Waals surface area contributed by atoms with Crippen LogP contribution in [0.5, 0.6) is 11.5 Å². The van der Waals surface area contributed by atoms with Crippen LogP contribution in [-0.4, -0.2) is 25.8 Å². The van der Waals surface area contributed by atoms with Crippen molar-refractivity contribution in [1.82, 2.24) is 5.32 Å². The zero-order chi connectivity index (χ0) is 20.1. The Bertz CT molecular complexity index is 912. The summed E-state index contributed by atoms with van der Waals surface area (Å²) in [6, 6.07) is 9.72. The van der Waals surface area contributed by atoms with Crippen LogP contribution in [-0.2, 0) is 14.3 Å². The number of carbonyl (C=O) groups excluding carboxylic acids is 2. The molecule has 0 radical (unpaired) electrons. The normalized spacial score (nSPS) is 13.4. The van der Waals surface area contributed by atoms with Crippen LogP contribution in [0.4, 0.5) is 0 Å². The number of hydrogen-bond acceptors (Lipinski definition) is 5. The number of halogens is 2. The molecule has 1 amide bonds. The fourth-order valence-electron chi connectivity index (χ4n) is 2.67. The molecule has 1 heterocycles. The molecule has 2 aromatic rings. The fraction of sp³-hybridized carbons (Fsp3) is 0.200. The number of fused-ring (bicyclic) bond motifs is 1. The quantitative estimate of drug-likeness (QED) is 0.559. The predicted octanol–water partition coefficient (Wildman–Crippen LogP) is 4.16. The van der Waals surface area contributed by atoms with E-state index >= 15 is 0 Å². The highest BCUT2D eigenvalue weighted by Crippen LogP contribution is 2.40. The molecule has 0 aliphatic carbocycles. The third-order valence-electron chi connectivity index (χ3n) is 4.06. The van der Waals surface area contributed by atoms with Crippen LogP contribution in [0.15, 0.2) is 42.5 Å². The maximum Gasteiger partial charge on any atom is 0.307 e. The number of ether oxygens (including phenoxy) is 3. The van der Waals surface area contributed by atoms with Crippen LogP contribution >= 0.6 is 23.2 Å². The molecule has 0 spiro atoms. The van der Waals surface area contributed by atoms with Crippen LogP contribution in [0.1, 0.15) is 23.6 Å². The minimum absolute atomic E-state index is 0.00638. The fourth-order valence-corrected chi connectivity index (χ4v) is 3.07. The van der Waals surface area contributed by atoms with Crippen molar-refractivity contribution in [2.24, 2.45) is 0 Å². The van der Waals surface area contributed by atoms with Crippen molar-refractivity contribution in [2.45, 2.75) is 12.5 Å². The van der Waals surface area contributed by atoms with Gasteiger partial charge in [-0.2, -0.15) is 0 Å². The number of amides is 1. The molecule has 1 aliphatic rings. The maximum atomic E-state index is 12.4. The monoisotopic (exact) mass is 421 g/mol. The van der Waals surface area contributed by atoms with Crippen LogP contribution in [0.2, 0.25) is 10.0 Å². The van der Waals surface area contributed by atoms with Crippen molar-refractivity contribution in [3.63, 3.8) is 0 Å². The first-order valence-corrected chi connectivity index (χ1v) is 9.12. The topological polar surface area (TPSA) is 73.9 Å². The number of benzene rings is 2. The number of methoxy groups -OCH3 is 1. The van der Waals surface area contributed by atoms with E-state index in [-0.39, 0.29) is 19.1 Å². The molecule has 3 rings (SSSR count). The Labute approximate surface area is 172 Å². The molecule has 0 aromatic heterocycles. The first-order valence-electron chi connectivity index (χ1n) is 8.36. The van der Waals surface area contributed by atoms with Crippen molar-refractivity contribution in [1.29, 1.82) is 0 Å². The van der Waals surface area contributed by atoms with E-state index in [9.17, 15) is 9.59 Å². The molecular formula is C20H17Cl2NO5. The smallest absolute Gasteiger partial charge is 0.307 e.